The second-order valence-corrected chi connectivity index (χ2v) is 10.2. The highest BCUT2D eigenvalue weighted by atomic mass is 16.5. The maximum atomic E-state index is 11.8. The summed E-state index contributed by atoms with van der Waals surface area (Å²) in [5.74, 6) is 0.0470. The summed E-state index contributed by atoms with van der Waals surface area (Å²) in [7, 11) is 0. The second kappa shape index (κ2) is 13.5. The van der Waals surface area contributed by atoms with Gasteiger partial charge in [-0.15, -0.1) is 0 Å². The lowest BCUT2D eigenvalue weighted by Gasteiger charge is -2.32. The van der Waals surface area contributed by atoms with Crippen molar-refractivity contribution in [1.29, 1.82) is 0 Å². The topological polar surface area (TPSA) is 140 Å². The van der Waals surface area contributed by atoms with Gasteiger partial charge in [0.1, 0.15) is 6.04 Å². The Morgan fingerprint density at radius 3 is 2.16 bits per heavy atom. The van der Waals surface area contributed by atoms with Crippen LogP contribution in [0, 0.1) is 11.8 Å². The molecule has 0 radical (unpaired) electrons. The number of nitrogens with zero attached hydrogens (tertiary/aromatic N) is 3. The quantitative estimate of drug-likeness (QED) is 0.228. The molecule has 1 aliphatic heterocycles. The predicted molar refractivity (Wildman–Crippen MR) is 139 cm³/mol. The van der Waals surface area contributed by atoms with Crippen LogP contribution in [-0.2, 0) is 17.9 Å². The molecule has 5 N–H and O–H groups in total. The minimum Gasteiger partial charge on any atom is -0.480 e. The third-order valence-corrected chi connectivity index (χ3v) is 7.60. The van der Waals surface area contributed by atoms with E-state index in [4.69, 9.17) is 5.21 Å². The second-order valence-electron chi connectivity index (χ2n) is 10.2. The molecule has 1 aromatic heterocycles. The number of aliphatic carboxylic acids is 1. The summed E-state index contributed by atoms with van der Waals surface area (Å²) in [5.41, 5.74) is 4.12. The van der Waals surface area contributed by atoms with Crippen LogP contribution in [0.15, 0.2) is 36.7 Å². The summed E-state index contributed by atoms with van der Waals surface area (Å²) in [6.45, 7) is 4.02. The van der Waals surface area contributed by atoms with Gasteiger partial charge in [0.25, 0.3) is 5.91 Å². The van der Waals surface area contributed by atoms with Crippen molar-refractivity contribution in [3.05, 3.63) is 53.3 Å². The maximum absolute atomic E-state index is 11.8. The molecule has 10 heteroatoms. The summed E-state index contributed by atoms with van der Waals surface area (Å²) in [6, 6.07) is 7.92. The van der Waals surface area contributed by atoms with E-state index in [0.717, 1.165) is 70.3 Å². The largest absolute Gasteiger partial charge is 0.480 e. The minimum absolute atomic E-state index is 0.221. The van der Waals surface area contributed by atoms with Crippen molar-refractivity contribution in [2.45, 2.75) is 64.1 Å². The molecule has 0 bridgehead atoms. The van der Waals surface area contributed by atoms with Crippen molar-refractivity contribution in [3.63, 3.8) is 0 Å². The van der Waals surface area contributed by atoms with Crippen molar-refractivity contribution >= 4 is 17.8 Å². The average Bonchev–Trinajstić information content (AvgIpc) is 2.94. The number of carbonyl (C=O) groups excluding carboxylic acids is 1. The van der Waals surface area contributed by atoms with E-state index in [2.05, 4.69) is 49.8 Å². The molecule has 1 saturated carbocycles. The minimum atomic E-state index is -0.740. The average molecular weight is 511 g/mol. The van der Waals surface area contributed by atoms with Crippen molar-refractivity contribution < 1.29 is 19.9 Å². The van der Waals surface area contributed by atoms with E-state index in [1.807, 2.05) is 0 Å². The summed E-state index contributed by atoms with van der Waals surface area (Å²) in [5, 5.41) is 25.2. The molecule has 2 aromatic rings. The summed E-state index contributed by atoms with van der Waals surface area (Å²) in [6.07, 6.45) is 10.4. The fourth-order valence-corrected chi connectivity index (χ4v) is 5.35. The monoisotopic (exact) mass is 510 g/mol. The first-order chi connectivity index (χ1) is 18.0. The lowest BCUT2D eigenvalue weighted by molar-refractivity contribution is -0.141. The van der Waals surface area contributed by atoms with Gasteiger partial charge in [0.2, 0.25) is 5.95 Å². The Balaban J connectivity index is 1.15. The first-order valence-corrected chi connectivity index (χ1v) is 13.3. The molecule has 1 amide bonds. The molecule has 200 valence electrons. The molecule has 4 rings (SSSR count). The van der Waals surface area contributed by atoms with Gasteiger partial charge in [-0.25, -0.2) is 15.4 Å². The smallest absolute Gasteiger partial charge is 0.320 e. The third-order valence-electron chi connectivity index (χ3n) is 7.60. The lowest BCUT2D eigenvalue weighted by Crippen LogP contribution is -2.43. The van der Waals surface area contributed by atoms with E-state index in [-0.39, 0.29) is 11.5 Å². The van der Waals surface area contributed by atoms with Crippen LogP contribution in [0.5, 0.6) is 0 Å². The number of carboxylic acid groups (broad SMARTS) is 1. The van der Waals surface area contributed by atoms with Crippen molar-refractivity contribution in [2.75, 3.05) is 24.5 Å². The van der Waals surface area contributed by atoms with Gasteiger partial charge in [-0.3, -0.25) is 14.8 Å². The number of rotatable bonds is 11. The Kier molecular flexibility index (Phi) is 9.81. The molecule has 1 aliphatic carbocycles. The predicted octanol–water partition coefficient (Wildman–Crippen LogP) is 2.72. The number of hydrogen-bond acceptors (Lipinski definition) is 8. The fraction of sp³-hybridized carbons (Fsp3) is 0.556. The number of nitrogens with one attached hydrogen (secondary N) is 3. The highest BCUT2D eigenvalue weighted by molar-refractivity contribution is 5.92. The van der Waals surface area contributed by atoms with Crippen LogP contribution >= 0.6 is 0 Å². The fourth-order valence-electron chi connectivity index (χ4n) is 5.35. The Morgan fingerprint density at radius 1 is 0.946 bits per heavy atom. The molecule has 1 aromatic carbocycles. The van der Waals surface area contributed by atoms with Gasteiger partial charge < -0.3 is 20.6 Å². The zero-order valence-electron chi connectivity index (χ0n) is 21.2. The number of piperidine rings is 1. The molecule has 37 heavy (non-hydrogen) atoms. The van der Waals surface area contributed by atoms with Gasteiger partial charge in [-0.2, -0.15) is 0 Å². The molecular formula is C27H38N6O4. The standard InChI is InChI=1S/C27H38N6O4/c34-25(32-37)23-17-30-27(31-18-23)33-12-10-21(11-13-33)15-28-14-19-6-8-20(9-7-19)16-29-24(26(35)36)22-4-2-1-3-5-22/h6-9,17-18,21-22,24,28-29,37H,1-5,10-16H2,(H,32,34)(H,35,36)/t24-/m0/s1. The van der Waals surface area contributed by atoms with Gasteiger partial charge in [0, 0.05) is 38.6 Å². The Labute approximate surface area is 217 Å². The lowest BCUT2D eigenvalue weighted by atomic mass is 9.84. The first-order valence-electron chi connectivity index (χ1n) is 13.3. The molecule has 10 nitrogen and oxygen atoms in total. The zero-order valence-corrected chi connectivity index (χ0v) is 21.2. The van der Waals surface area contributed by atoms with Crippen LogP contribution in [0.1, 0.15) is 66.4 Å². The Morgan fingerprint density at radius 2 is 1.57 bits per heavy atom. The van der Waals surface area contributed by atoms with E-state index >= 15 is 0 Å². The van der Waals surface area contributed by atoms with Gasteiger partial charge >= 0.3 is 5.97 Å². The van der Waals surface area contributed by atoms with Crippen LogP contribution in [0.25, 0.3) is 0 Å². The van der Waals surface area contributed by atoms with Crippen molar-refractivity contribution in [2.24, 2.45) is 11.8 Å². The summed E-state index contributed by atoms with van der Waals surface area (Å²) in [4.78, 5) is 33.8. The Hall–Kier alpha value is -3.08. The number of hydroxylamine groups is 1. The highest BCUT2D eigenvalue weighted by Gasteiger charge is 2.28. The van der Waals surface area contributed by atoms with Gasteiger partial charge in [0.15, 0.2) is 0 Å². The van der Waals surface area contributed by atoms with E-state index < -0.39 is 17.9 Å². The number of amides is 1. The summed E-state index contributed by atoms with van der Waals surface area (Å²) >= 11 is 0. The Bertz CT molecular complexity index is 1000. The number of hydrogen-bond donors (Lipinski definition) is 5. The molecular weight excluding hydrogens is 472 g/mol. The van der Waals surface area contributed by atoms with Gasteiger partial charge in [-0.05, 0) is 55.2 Å². The normalized spacial score (nSPS) is 17.9. The molecule has 1 saturated heterocycles. The van der Waals surface area contributed by atoms with E-state index in [9.17, 15) is 14.7 Å². The number of anilines is 1. The SMILES string of the molecule is O=C(NO)c1cnc(N2CCC(CNCc3ccc(CN[C@H](C(=O)O)C4CCCCC4)cc3)CC2)nc1. The molecule has 1 atom stereocenters. The van der Waals surface area contributed by atoms with Crippen LogP contribution in [0.4, 0.5) is 5.95 Å². The van der Waals surface area contributed by atoms with Crippen molar-refractivity contribution in [1.82, 2.24) is 26.1 Å². The van der Waals surface area contributed by atoms with Crippen LogP contribution in [0.3, 0.4) is 0 Å². The van der Waals surface area contributed by atoms with E-state index in [0.29, 0.717) is 18.4 Å². The highest BCUT2D eigenvalue weighted by Crippen LogP contribution is 2.27. The molecule has 2 heterocycles. The van der Waals surface area contributed by atoms with E-state index in [1.54, 1.807) is 5.48 Å². The zero-order chi connectivity index (χ0) is 26.0. The van der Waals surface area contributed by atoms with Gasteiger partial charge in [0.05, 0.1) is 5.56 Å². The number of aromatic nitrogens is 2. The van der Waals surface area contributed by atoms with Crippen LogP contribution < -0.4 is 21.0 Å². The number of carboxylic acids is 1. The van der Waals surface area contributed by atoms with Crippen LogP contribution in [-0.4, -0.2) is 57.8 Å². The molecule has 0 spiro atoms. The number of carbonyl (C=O) groups is 2. The molecule has 0 unspecified atom stereocenters. The van der Waals surface area contributed by atoms with Gasteiger partial charge in [-0.1, -0.05) is 43.5 Å². The van der Waals surface area contributed by atoms with Crippen LogP contribution in [0.2, 0.25) is 0 Å². The molecule has 2 fully saturated rings. The maximum Gasteiger partial charge on any atom is 0.320 e. The first kappa shape index (κ1) is 27.0. The third kappa shape index (κ3) is 7.70. The van der Waals surface area contributed by atoms with E-state index in [1.165, 1.54) is 24.4 Å². The summed E-state index contributed by atoms with van der Waals surface area (Å²) < 4.78 is 0. The van der Waals surface area contributed by atoms with Crippen molar-refractivity contribution in [3.8, 4) is 0 Å². The number of benzene rings is 1. The molecule has 2 aliphatic rings.